The maximum atomic E-state index is 12.7. The van der Waals surface area contributed by atoms with E-state index in [0.29, 0.717) is 40.7 Å². The monoisotopic (exact) mass is 410 g/mol. The number of fused-ring (bicyclic) bond motifs is 1. The lowest BCUT2D eigenvalue weighted by Gasteiger charge is -2.17. The number of benzene rings is 2. The van der Waals surface area contributed by atoms with Crippen molar-refractivity contribution in [3.05, 3.63) is 41.5 Å². The molecule has 0 unspecified atom stereocenters. The van der Waals surface area contributed by atoms with Crippen LogP contribution in [0.3, 0.4) is 0 Å². The first-order valence-electron chi connectivity index (χ1n) is 10.4. The second kappa shape index (κ2) is 8.78. The Kier molecular flexibility index (Phi) is 5.93. The highest BCUT2D eigenvalue weighted by Crippen LogP contribution is 2.45. The maximum absolute atomic E-state index is 12.7. The molecule has 0 N–H and O–H groups in total. The lowest BCUT2D eigenvalue weighted by atomic mass is 9.99. The highest BCUT2D eigenvalue weighted by Gasteiger charge is 2.25. The molecule has 0 atom stereocenters. The zero-order valence-corrected chi connectivity index (χ0v) is 17.4. The fraction of sp³-hybridized carbons (Fsp3) is 0.417. The van der Waals surface area contributed by atoms with E-state index in [1.165, 1.54) is 32.8 Å². The molecule has 0 saturated heterocycles. The quantitative estimate of drug-likeness (QED) is 0.477. The molecule has 0 aromatic heterocycles. The Bertz CT molecular complexity index is 958. The minimum Gasteiger partial charge on any atom is -0.493 e. The molecular weight excluding hydrogens is 384 g/mol. The number of cyclic esters (lactones) is 1. The number of carbonyl (C=O) groups excluding carboxylic acids is 2. The van der Waals surface area contributed by atoms with Gasteiger partial charge < -0.3 is 18.9 Å². The van der Waals surface area contributed by atoms with Crippen molar-refractivity contribution in [3.63, 3.8) is 0 Å². The highest BCUT2D eigenvalue weighted by molar-refractivity contribution is 5.94. The summed E-state index contributed by atoms with van der Waals surface area (Å²) in [4.78, 5) is 24.4. The smallest absolute Gasteiger partial charge is 0.338 e. The fourth-order valence-corrected chi connectivity index (χ4v) is 4.31. The van der Waals surface area contributed by atoms with Crippen molar-refractivity contribution in [2.45, 2.75) is 45.1 Å². The van der Waals surface area contributed by atoms with Gasteiger partial charge in [-0.05, 0) is 42.2 Å². The van der Waals surface area contributed by atoms with Gasteiger partial charge in [-0.3, -0.25) is 4.79 Å². The number of hydrogen-bond acceptors (Lipinski definition) is 6. The summed E-state index contributed by atoms with van der Waals surface area (Å²) in [5, 5.41) is 0. The molecule has 2 aromatic rings. The van der Waals surface area contributed by atoms with Crippen LogP contribution in [-0.2, 0) is 16.1 Å². The highest BCUT2D eigenvalue weighted by atomic mass is 16.6. The summed E-state index contributed by atoms with van der Waals surface area (Å²) in [6.45, 7) is 0.242. The summed E-state index contributed by atoms with van der Waals surface area (Å²) in [5.41, 5.74) is 2.88. The van der Waals surface area contributed by atoms with Crippen LogP contribution in [0.5, 0.6) is 17.2 Å². The number of carbonyl (C=O) groups is 2. The van der Waals surface area contributed by atoms with Gasteiger partial charge in [0.15, 0.2) is 11.5 Å². The second-order valence-electron chi connectivity index (χ2n) is 7.79. The summed E-state index contributed by atoms with van der Waals surface area (Å²) < 4.78 is 21.9. The van der Waals surface area contributed by atoms with Gasteiger partial charge in [-0.25, -0.2) is 4.79 Å². The molecule has 6 nitrogen and oxygen atoms in total. The van der Waals surface area contributed by atoms with Gasteiger partial charge in [0.1, 0.15) is 6.61 Å². The normalized spacial score (nSPS) is 15.6. The molecule has 1 fully saturated rings. The number of rotatable bonds is 7. The van der Waals surface area contributed by atoms with Gasteiger partial charge in [0.05, 0.1) is 19.8 Å². The minimum atomic E-state index is -0.317. The van der Waals surface area contributed by atoms with Crippen LogP contribution < -0.4 is 14.2 Å². The molecule has 2 aliphatic rings. The number of hydrogen-bond donors (Lipinski definition) is 0. The van der Waals surface area contributed by atoms with Crippen molar-refractivity contribution in [1.29, 1.82) is 0 Å². The zero-order chi connectivity index (χ0) is 21.1. The van der Waals surface area contributed by atoms with Crippen LogP contribution in [0.1, 0.15) is 54.4 Å². The third-order valence-electron chi connectivity index (χ3n) is 5.94. The number of ether oxygens (including phenoxy) is 4. The molecule has 4 rings (SSSR count). The van der Waals surface area contributed by atoms with Crippen LogP contribution in [-0.4, -0.2) is 26.2 Å². The lowest BCUT2D eigenvalue weighted by molar-refractivity contribution is -0.134. The van der Waals surface area contributed by atoms with Crippen LogP contribution in [0.2, 0.25) is 0 Å². The van der Waals surface area contributed by atoms with Gasteiger partial charge in [0.25, 0.3) is 0 Å². The van der Waals surface area contributed by atoms with Crippen molar-refractivity contribution in [2.24, 2.45) is 5.92 Å². The van der Waals surface area contributed by atoms with Crippen molar-refractivity contribution >= 4 is 11.9 Å². The van der Waals surface area contributed by atoms with E-state index >= 15 is 0 Å². The first kappa shape index (κ1) is 20.3. The van der Waals surface area contributed by atoms with Gasteiger partial charge in [-0.1, -0.05) is 31.7 Å². The molecule has 30 heavy (non-hydrogen) atoms. The molecular formula is C24H26O6. The van der Waals surface area contributed by atoms with Gasteiger partial charge >= 0.3 is 11.9 Å². The Morgan fingerprint density at radius 3 is 2.53 bits per heavy atom. The van der Waals surface area contributed by atoms with E-state index in [1.807, 2.05) is 18.2 Å². The summed E-state index contributed by atoms with van der Waals surface area (Å²) in [6.07, 6.45) is 6.10. The number of methoxy groups -OCH3 is 2. The fourth-order valence-electron chi connectivity index (χ4n) is 4.31. The van der Waals surface area contributed by atoms with E-state index in [2.05, 4.69) is 0 Å². The third kappa shape index (κ3) is 3.99. The zero-order valence-electron chi connectivity index (χ0n) is 17.4. The molecule has 1 heterocycles. The molecule has 0 spiro atoms. The van der Waals surface area contributed by atoms with E-state index in [4.69, 9.17) is 18.9 Å². The van der Waals surface area contributed by atoms with E-state index in [-0.39, 0.29) is 18.5 Å². The largest absolute Gasteiger partial charge is 0.493 e. The molecule has 6 heteroatoms. The second-order valence-corrected chi connectivity index (χ2v) is 7.79. The van der Waals surface area contributed by atoms with Crippen LogP contribution in [0.25, 0.3) is 11.1 Å². The summed E-state index contributed by atoms with van der Waals surface area (Å²) in [7, 11) is 3.06. The molecule has 0 bridgehead atoms. The van der Waals surface area contributed by atoms with Crippen molar-refractivity contribution in [3.8, 4) is 28.4 Å². The van der Waals surface area contributed by atoms with Crippen LogP contribution >= 0.6 is 0 Å². The molecule has 2 aromatic carbocycles. The number of esters is 2. The summed E-state index contributed by atoms with van der Waals surface area (Å²) in [5.74, 6) is 1.20. The van der Waals surface area contributed by atoms with E-state index in [9.17, 15) is 9.59 Å². The molecule has 0 radical (unpaired) electrons. The molecule has 1 saturated carbocycles. The van der Waals surface area contributed by atoms with Gasteiger partial charge in [-0.15, -0.1) is 0 Å². The van der Waals surface area contributed by atoms with E-state index in [1.54, 1.807) is 19.2 Å². The van der Waals surface area contributed by atoms with E-state index < -0.39 is 0 Å². The average Bonchev–Trinajstić information content (AvgIpc) is 3.41. The Morgan fingerprint density at radius 1 is 1.03 bits per heavy atom. The lowest BCUT2D eigenvalue weighted by Crippen LogP contribution is -2.11. The molecule has 0 amide bonds. The summed E-state index contributed by atoms with van der Waals surface area (Å²) in [6, 6.07) is 9.06. The van der Waals surface area contributed by atoms with Crippen molar-refractivity contribution in [2.75, 3.05) is 14.2 Å². The van der Waals surface area contributed by atoms with Crippen LogP contribution in [0, 0.1) is 5.92 Å². The predicted octanol–water partition coefficient (Wildman–Crippen LogP) is 4.92. The first-order valence-corrected chi connectivity index (χ1v) is 10.4. The maximum Gasteiger partial charge on any atom is 0.338 e. The Balaban J connectivity index is 1.65. The molecule has 1 aliphatic carbocycles. The van der Waals surface area contributed by atoms with Gasteiger partial charge in [0, 0.05) is 17.5 Å². The third-order valence-corrected chi connectivity index (χ3v) is 5.94. The first-order chi connectivity index (χ1) is 14.6. The average molecular weight is 410 g/mol. The Morgan fingerprint density at radius 2 is 1.80 bits per heavy atom. The standard InChI is InChI=1S/C24H26O6/c1-27-20-11-10-18(16-8-9-19-17(13-16)14-29-24(19)26)22(23(20)28-2)30-21(25)12-7-15-5-3-4-6-15/h8-11,13,15H,3-7,12,14H2,1-2H3. The van der Waals surface area contributed by atoms with Crippen molar-refractivity contribution < 1.29 is 28.5 Å². The van der Waals surface area contributed by atoms with Crippen molar-refractivity contribution in [1.82, 2.24) is 0 Å². The minimum absolute atomic E-state index is 0.242. The van der Waals surface area contributed by atoms with Crippen LogP contribution in [0.15, 0.2) is 30.3 Å². The van der Waals surface area contributed by atoms with E-state index in [0.717, 1.165) is 17.5 Å². The topological polar surface area (TPSA) is 71.1 Å². The molecule has 158 valence electrons. The Labute approximate surface area is 176 Å². The van der Waals surface area contributed by atoms with Gasteiger partial charge in [0.2, 0.25) is 5.75 Å². The summed E-state index contributed by atoms with van der Waals surface area (Å²) >= 11 is 0. The molecule has 1 aliphatic heterocycles. The van der Waals surface area contributed by atoms with Gasteiger partial charge in [-0.2, -0.15) is 0 Å². The predicted molar refractivity (Wildman–Crippen MR) is 111 cm³/mol. The van der Waals surface area contributed by atoms with Crippen LogP contribution in [0.4, 0.5) is 0 Å². The SMILES string of the molecule is COc1ccc(-c2ccc3c(c2)COC3=O)c(OC(=O)CCC2CCCC2)c1OC. The Hall–Kier alpha value is -3.02.